The summed E-state index contributed by atoms with van der Waals surface area (Å²) in [5, 5.41) is 0. The van der Waals surface area contributed by atoms with Gasteiger partial charge in [0.2, 0.25) is 0 Å². The van der Waals surface area contributed by atoms with E-state index < -0.39 is 0 Å². The van der Waals surface area contributed by atoms with Gasteiger partial charge in [-0.1, -0.05) is 24.1 Å². The Morgan fingerprint density at radius 3 is 2.86 bits per heavy atom. The van der Waals surface area contributed by atoms with Gasteiger partial charge in [0.15, 0.2) is 0 Å². The van der Waals surface area contributed by atoms with Crippen LogP contribution >= 0.6 is 0 Å². The van der Waals surface area contributed by atoms with E-state index in [2.05, 4.69) is 5.92 Å². The summed E-state index contributed by atoms with van der Waals surface area (Å²) < 4.78 is 0. The van der Waals surface area contributed by atoms with Crippen LogP contribution in [0.3, 0.4) is 0 Å². The van der Waals surface area contributed by atoms with Gasteiger partial charge >= 0.3 is 0 Å². The van der Waals surface area contributed by atoms with E-state index in [0.717, 1.165) is 12.0 Å². The first-order chi connectivity index (χ1) is 3.43. The third-order valence-corrected chi connectivity index (χ3v) is 0.932. The highest BCUT2D eigenvalue weighted by Gasteiger charge is 1.90. The van der Waals surface area contributed by atoms with Crippen LogP contribution in [-0.4, -0.2) is 0 Å². The second-order valence-corrected chi connectivity index (χ2v) is 1.45. The number of hydrogen-bond acceptors (Lipinski definition) is 0. The Hall–Kier alpha value is -0.960. The maximum absolute atomic E-state index is 6.64. The molecule has 0 aliphatic heterocycles. The van der Waals surface area contributed by atoms with Crippen LogP contribution < -0.4 is 0 Å². The van der Waals surface area contributed by atoms with Gasteiger partial charge in [-0.2, -0.15) is 0 Å². The third kappa shape index (κ3) is 0.721. The maximum atomic E-state index is 6.64. The van der Waals surface area contributed by atoms with Crippen LogP contribution in [0.2, 0.25) is 0 Å². The molecule has 1 radical (unpaired) electrons. The summed E-state index contributed by atoms with van der Waals surface area (Å²) in [7, 11) is 0. The van der Waals surface area contributed by atoms with Crippen molar-refractivity contribution in [2.75, 3.05) is 0 Å². The fraction of sp³-hybridized carbons (Fsp3) is 0.143. The van der Waals surface area contributed by atoms with E-state index in [0.29, 0.717) is 0 Å². The lowest BCUT2D eigenvalue weighted by molar-refractivity contribution is 1.36. The molecule has 0 nitrogen and oxygen atoms in total. The molecule has 0 saturated carbocycles. The average Bonchev–Trinajstić information content (AvgIpc) is 2.14. The van der Waals surface area contributed by atoms with Gasteiger partial charge in [-0.25, -0.2) is 0 Å². The van der Waals surface area contributed by atoms with Gasteiger partial charge in [0, 0.05) is 5.57 Å². The van der Waals surface area contributed by atoms with Gasteiger partial charge in [-0.3, -0.25) is 0 Å². The van der Waals surface area contributed by atoms with Crippen LogP contribution in [-0.2, 0) is 0 Å². The standard InChI is InChI=1S/C7H5/c1-2-7-5-3-4-6-7/h3-5H,6H2. The van der Waals surface area contributed by atoms with Crippen molar-refractivity contribution in [3.63, 3.8) is 0 Å². The zero-order valence-corrected chi connectivity index (χ0v) is 3.94. The molecule has 0 heterocycles. The van der Waals surface area contributed by atoms with Crippen molar-refractivity contribution in [3.8, 4) is 5.92 Å². The molecule has 0 N–H and O–H groups in total. The van der Waals surface area contributed by atoms with Gasteiger partial charge in [0.1, 0.15) is 0 Å². The Balaban J connectivity index is 2.67. The molecule has 1 aliphatic rings. The predicted octanol–water partition coefficient (Wildman–Crippen LogP) is 1.46. The zero-order valence-electron chi connectivity index (χ0n) is 3.94. The van der Waals surface area contributed by atoms with Gasteiger partial charge in [0.25, 0.3) is 0 Å². The summed E-state index contributed by atoms with van der Waals surface area (Å²) in [6.07, 6.45) is 13.4. The average molecular weight is 89.1 g/mol. The van der Waals surface area contributed by atoms with E-state index >= 15 is 0 Å². The molecule has 0 heteroatoms. The quantitative estimate of drug-likeness (QED) is 0.394. The molecular weight excluding hydrogens is 84.1 g/mol. The lowest BCUT2D eigenvalue weighted by Crippen LogP contribution is -1.64. The van der Waals surface area contributed by atoms with E-state index in [1.54, 1.807) is 0 Å². The van der Waals surface area contributed by atoms with E-state index in [-0.39, 0.29) is 0 Å². The summed E-state index contributed by atoms with van der Waals surface area (Å²) in [5.41, 5.74) is 0.972. The molecule has 0 aromatic heterocycles. The molecule has 0 bridgehead atoms. The van der Waals surface area contributed by atoms with Crippen LogP contribution in [0.4, 0.5) is 0 Å². The lowest BCUT2D eigenvalue weighted by atomic mass is 10.2. The second-order valence-electron chi connectivity index (χ2n) is 1.45. The fourth-order valence-electron chi connectivity index (χ4n) is 0.540. The summed E-state index contributed by atoms with van der Waals surface area (Å²) >= 11 is 0. The predicted molar refractivity (Wildman–Crippen MR) is 29.0 cm³/mol. The maximum Gasteiger partial charge on any atom is 0.00682 e. The molecule has 1 aliphatic carbocycles. The largest absolute Gasteiger partial charge is 0.0794 e. The Morgan fingerprint density at radius 2 is 2.57 bits per heavy atom. The van der Waals surface area contributed by atoms with Crippen molar-refractivity contribution in [2.24, 2.45) is 0 Å². The SMILES string of the molecule is [C]#CC1=CC=CC1. The van der Waals surface area contributed by atoms with Gasteiger partial charge in [-0.05, 0) is 12.8 Å². The van der Waals surface area contributed by atoms with Gasteiger partial charge in [0.05, 0.1) is 0 Å². The molecule has 0 atom stereocenters. The van der Waals surface area contributed by atoms with Crippen molar-refractivity contribution < 1.29 is 0 Å². The second kappa shape index (κ2) is 1.66. The molecule has 33 valence electrons. The van der Waals surface area contributed by atoms with Crippen LogP contribution in [0.25, 0.3) is 0 Å². The lowest BCUT2D eigenvalue weighted by Gasteiger charge is -1.78. The van der Waals surface area contributed by atoms with Crippen molar-refractivity contribution in [2.45, 2.75) is 6.42 Å². The number of rotatable bonds is 0. The van der Waals surface area contributed by atoms with Crippen LogP contribution in [0.15, 0.2) is 23.8 Å². The number of hydrogen-bond donors (Lipinski definition) is 0. The van der Waals surface area contributed by atoms with E-state index in [4.69, 9.17) is 6.42 Å². The van der Waals surface area contributed by atoms with Crippen LogP contribution in [0.5, 0.6) is 0 Å². The topological polar surface area (TPSA) is 0 Å². The molecule has 0 unspecified atom stereocenters. The third-order valence-electron chi connectivity index (χ3n) is 0.932. The highest BCUT2D eigenvalue weighted by Crippen LogP contribution is 2.06. The Labute approximate surface area is 43.5 Å². The monoisotopic (exact) mass is 89.0 g/mol. The first-order valence-corrected chi connectivity index (χ1v) is 2.22. The smallest absolute Gasteiger partial charge is 0.00682 e. The van der Waals surface area contributed by atoms with Crippen molar-refractivity contribution in [1.82, 2.24) is 0 Å². The van der Waals surface area contributed by atoms with E-state index in [1.807, 2.05) is 18.2 Å². The Morgan fingerprint density at radius 1 is 1.71 bits per heavy atom. The molecule has 0 amide bonds. The minimum Gasteiger partial charge on any atom is -0.0794 e. The molecule has 0 spiro atoms. The molecule has 1 rings (SSSR count). The molecular formula is C7H5. The van der Waals surface area contributed by atoms with Crippen molar-refractivity contribution >= 4 is 0 Å². The van der Waals surface area contributed by atoms with E-state index in [1.165, 1.54) is 0 Å². The minimum absolute atomic E-state index is 0.892. The highest BCUT2D eigenvalue weighted by molar-refractivity contribution is 5.34. The van der Waals surface area contributed by atoms with Crippen LogP contribution in [0, 0.1) is 12.3 Å². The first-order valence-electron chi connectivity index (χ1n) is 2.22. The summed E-state index contributed by atoms with van der Waals surface area (Å²) in [6, 6.07) is 0. The molecule has 0 aromatic carbocycles. The molecule has 7 heavy (non-hydrogen) atoms. The summed E-state index contributed by atoms with van der Waals surface area (Å²) in [5.74, 6) is 2.31. The minimum atomic E-state index is 0.892. The molecule has 0 aromatic rings. The summed E-state index contributed by atoms with van der Waals surface area (Å²) in [6.45, 7) is 0. The van der Waals surface area contributed by atoms with Crippen molar-refractivity contribution in [3.05, 3.63) is 30.2 Å². The molecule has 0 saturated heterocycles. The van der Waals surface area contributed by atoms with Crippen molar-refractivity contribution in [1.29, 1.82) is 0 Å². The van der Waals surface area contributed by atoms with Gasteiger partial charge in [-0.15, -0.1) is 0 Å². The van der Waals surface area contributed by atoms with Crippen LogP contribution in [0.1, 0.15) is 6.42 Å². The van der Waals surface area contributed by atoms with Gasteiger partial charge < -0.3 is 0 Å². The fourth-order valence-corrected chi connectivity index (χ4v) is 0.540. The first kappa shape index (κ1) is 4.21. The zero-order chi connectivity index (χ0) is 5.11. The summed E-state index contributed by atoms with van der Waals surface area (Å²) in [4.78, 5) is 0. The number of allylic oxidation sites excluding steroid dienone is 4. The molecule has 0 fully saturated rings. The van der Waals surface area contributed by atoms with E-state index in [9.17, 15) is 0 Å². The highest BCUT2D eigenvalue weighted by atomic mass is 13.9. The Bertz CT molecular complexity index is 153. The normalized spacial score (nSPS) is 16.1. The Kier molecular flexibility index (Phi) is 0.997.